The molecule has 0 aromatic rings. The van der Waals surface area contributed by atoms with Crippen LogP contribution in [0, 0.1) is 17.8 Å². The summed E-state index contributed by atoms with van der Waals surface area (Å²) < 4.78 is 0. The van der Waals surface area contributed by atoms with Crippen molar-refractivity contribution in [3.8, 4) is 0 Å². The molecule has 1 aliphatic carbocycles. The van der Waals surface area contributed by atoms with Crippen LogP contribution in [-0.2, 0) is 0 Å². The van der Waals surface area contributed by atoms with Crippen LogP contribution in [0.1, 0.15) is 58.8 Å². The largest absolute Gasteiger partial charge is 0.390 e. The first-order valence-corrected chi connectivity index (χ1v) is 10.5. The van der Waals surface area contributed by atoms with Crippen LogP contribution in [0.25, 0.3) is 0 Å². The van der Waals surface area contributed by atoms with E-state index in [1.54, 1.807) is 0 Å². The van der Waals surface area contributed by atoms with E-state index in [1.807, 2.05) is 13.8 Å². The molecule has 0 amide bonds. The van der Waals surface area contributed by atoms with Gasteiger partial charge in [-0.15, -0.1) is 18.5 Å². The van der Waals surface area contributed by atoms with Crippen LogP contribution in [0.15, 0.2) is 0 Å². The third kappa shape index (κ3) is 5.38. The average Bonchev–Trinajstić information content (AvgIpc) is 2.69. The molecule has 1 heterocycles. The Labute approximate surface area is 140 Å². The first-order chi connectivity index (χ1) is 10.2. The van der Waals surface area contributed by atoms with Crippen LogP contribution >= 0.6 is 18.5 Å². The van der Waals surface area contributed by atoms with Crippen molar-refractivity contribution in [3.05, 3.63) is 0 Å². The van der Waals surface area contributed by atoms with E-state index in [0.29, 0.717) is 23.8 Å². The van der Waals surface area contributed by atoms with Gasteiger partial charge in [0.15, 0.2) is 0 Å². The summed E-state index contributed by atoms with van der Waals surface area (Å²) in [5.41, 5.74) is -1.34. The minimum Gasteiger partial charge on any atom is -0.390 e. The molecule has 22 heavy (non-hydrogen) atoms. The molecule has 1 saturated heterocycles. The van der Waals surface area contributed by atoms with Crippen LogP contribution in [-0.4, -0.2) is 39.9 Å². The smallest absolute Gasteiger partial charge is 0.113 e. The Morgan fingerprint density at radius 2 is 1.50 bits per heavy atom. The van der Waals surface area contributed by atoms with Crippen molar-refractivity contribution in [2.45, 2.75) is 76.2 Å². The zero-order chi connectivity index (χ0) is 16.4. The molecule has 130 valence electrons. The first-order valence-electron chi connectivity index (χ1n) is 8.87. The predicted octanol–water partition coefficient (Wildman–Crippen LogP) is 2.76. The lowest BCUT2D eigenvalue weighted by Crippen LogP contribution is -2.50. The van der Waals surface area contributed by atoms with Crippen LogP contribution < -0.4 is 5.32 Å². The van der Waals surface area contributed by atoms with E-state index < -0.39 is 11.3 Å². The van der Waals surface area contributed by atoms with E-state index in [-0.39, 0.29) is 0 Å². The van der Waals surface area contributed by atoms with Gasteiger partial charge in [-0.2, -0.15) is 0 Å². The maximum Gasteiger partial charge on any atom is 0.113 e. The third-order valence-corrected chi connectivity index (χ3v) is 7.01. The van der Waals surface area contributed by atoms with E-state index in [9.17, 15) is 10.2 Å². The molecule has 3 N–H and O–H groups in total. The summed E-state index contributed by atoms with van der Waals surface area (Å²) in [6, 6.07) is 0.325. The number of aliphatic hydroxyl groups is 2. The van der Waals surface area contributed by atoms with E-state index in [2.05, 4.69) is 23.8 Å². The van der Waals surface area contributed by atoms with Gasteiger partial charge >= 0.3 is 0 Å². The maximum atomic E-state index is 10.8. The van der Waals surface area contributed by atoms with Gasteiger partial charge in [-0.25, -0.2) is 0 Å². The molecule has 5 heteroatoms. The van der Waals surface area contributed by atoms with Crippen LogP contribution in [0.5, 0.6) is 0 Å². The quantitative estimate of drug-likeness (QED) is 0.544. The summed E-state index contributed by atoms with van der Waals surface area (Å²) in [4.78, 5) is 0. The zero-order valence-corrected chi connectivity index (χ0v) is 16.5. The molecule has 2 rings (SSSR count). The number of nitrogens with one attached hydrogen (secondary N) is 1. The van der Waals surface area contributed by atoms with Crippen molar-refractivity contribution in [2.24, 2.45) is 17.8 Å². The average molecular weight is 347 g/mol. The Bertz CT molecular complexity index is 329. The lowest BCUT2D eigenvalue weighted by Gasteiger charge is -2.35. The van der Waals surface area contributed by atoms with E-state index in [1.165, 1.54) is 12.8 Å². The van der Waals surface area contributed by atoms with Crippen molar-refractivity contribution in [2.75, 3.05) is 12.3 Å². The molecular formula is C17H35NO2P2. The second-order valence-corrected chi connectivity index (χ2v) is 9.20. The normalized spacial score (nSPS) is 47.7. The highest BCUT2D eigenvalue weighted by molar-refractivity contribution is 7.16. The van der Waals surface area contributed by atoms with Crippen molar-refractivity contribution in [1.29, 1.82) is 0 Å². The number of rotatable bonds is 3. The molecule has 0 spiro atoms. The van der Waals surface area contributed by atoms with Gasteiger partial charge in [-0.3, -0.25) is 5.32 Å². The van der Waals surface area contributed by atoms with E-state index >= 15 is 0 Å². The second-order valence-electron chi connectivity index (χ2n) is 8.25. The Morgan fingerprint density at radius 3 is 2.14 bits per heavy atom. The topological polar surface area (TPSA) is 52.5 Å². The lowest BCUT2D eigenvalue weighted by molar-refractivity contribution is -0.0166. The minimum atomic E-state index is -0.777. The Balaban J connectivity index is 2.08. The van der Waals surface area contributed by atoms with Crippen LogP contribution in [0.3, 0.4) is 0 Å². The van der Waals surface area contributed by atoms with Crippen LogP contribution in [0.4, 0.5) is 0 Å². The molecule has 0 radical (unpaired) electrons. The van der Waals surface area contributed by atoms with Crippen molar-refractivity contribution in [1.82, 2.24) is 5.32 Å². The predicted molar refractivity (Wildman–Crippen MR) is 100 cm³/mol. The summed E-state index contributed by atoms with van der Waals surface area (Å²) in [7, 11) is 5.66. The molecule has 8 atom stereocenters. The summed E-state index contributed by atoms with van der Waals surface area (Å²) in [5, 5.41) is 24.9. The van der Waals surface area contributed by atoms with Gasteiger partial charge in [0.2, 0.25) is 0 Å². The van der Waals surface area contributed by atoms with Gasteiger partial charge in [-0.1, -0.05) is 0 Å². The lowest BCUT2D eigenvalue weighted by atomic mass is 9.83. The van der Waals surface area contributed by atoms with Crippen molar-refractivity contribution in [3.63, 3.8) is 0 Å². The van der Waals surface area contributed by atoms with Crippen molar-refractivity contribution < 1.29 is 10.2 Å². The Kier molecular flexibility index (Phi) is 6.72. The molecule has 2 aliphatic rings. The molecule has 0 aromatic carbocycles. The maximum absolute atomic E-state index is 10.8. The summed E-state index contributed by atoms with van der Waals surface area (Å²) in [6.45, 7) is 3.91. The van der Waals surface area contributed by atoms with Gasteiger partial charge in [0, 0.05) is 6.04 Å². The minimum absolute atomic E-state index is 0.325. The third-order valence-electron chi connectivity index (χ3n) is 5.68. The molecule has 1 saturated carbocycles. The molecule has 3 nitrogen and oxygen atoms in total. The van der Waals surface area contributed by atoms with E-state index in [0.717, 1.165) is 44.4 Å². The number of hydrogen-bond donors (Lipinski definition) is 3. The van der Waals surface area contributed by atoms with E-state index in [4.69, 9.17) is 0 Å². The highest BCUT2D eigenvalue weighted by atomic mass is 31.0. The first kappa shape index (κ1) is 19.1. The van der Waals surface area contributed by atoms with Crippen molar-refractivity contribution >= 4 is 18.5 Å². The Hall–Kier alpha value is 0.740. The molecule has 0 bridgehead atoms. The number of hydrogen-bond acceptors (Lipinski definition) is 3. The zero-order valence-electron chi connectivity index (χ0n) is 14.2. The summed E-state index contributed by atoms with van der Waals surface area (Å²) >= 11 is 0. The van der Waals surface area contributed by atoms with Gasteiger partial charge in [0.1, 0.15) is 5.72 Å². The molecule has 1 aliphatic heterocycles. The van der Waals surface area contributed by atoms with Gasteiger partial charge in [0.05, 0.1) is 5.60 Å². The molecule has 2 fully saturated rings. The summed E-state index contributed by atoms with van der Waals surface area (Å²) in [5.74, 6) is 1.64. The fourth-order valence-electron chi connectivity index (χ4n) is 4.63. The molecule has 0 aromatic heterocycles. The summed E-state index contributed by atoms with van der Waals surface area (Å²) in [6.07, 6.45) is 9.36. The standard InChI is InChI=1S/C17H35NO2P2/c1-16(19)7-12(10-21)3-5-14(9-16)15-6-4-13(11-22)8-17(2,20)18-15/h12-15,18-20H,3-11,21-22H2,1-2H3. The van der Waals surface area contributed by atoms with Gasteiger partial charge < -0.3 is 10.2 Å². The fourth-order valence-corrected chi connectivity index (χ4v) is 5.44. The van der Waals surface area contributed by atoms with Crippen LogP contribution in [0.2, 0.25) is 0 Å². The van der Waals surface area contributed by atoms with Gasteiger partial charge in [-0.05, 0) is 88.9 Å². The fraction of sp³-hybridized carbons (Fsp3) is 1.00. The van der Waals surface area contributed by atoms with Gasteiger partial charge in [0.25, 0.3) is 0 Å². The highest BCUT2D eigenvalue weighted by Gasteiger charge is 2.39. The monoisotopic (exact) mass is 347 g/mol. The second kappa shape index (κ2) is 7.75. The molecule has 8 unspecified atom stereocenters. The Morgan fingerprint density at radius 1 is 0.909 bits per heavy atom. The highest BCUT2D eigenvalue weighted by Crippen LogP contribution is 2.39. The SMILES string of the molecule is CC1(O)CC(CP)CCC(C2CCC(CP)CC(C)(O)N2)C1. The molecular weight excluding hydrogens is 312 g/mol.